The van der Waals surface area contributed by atoms with E-state index in [4.69, 9.17) is 19.9 Å². The summed E-state index contributed by atoms with van der Waals surface area (Å²) in [5.74, 6) is 1.10. The fourth-order valence-corrected chi connectivity index (χ4v) is 3.19. The number of hydrogen-bond acceptors (Lipinski definition) is 5. The van der Waals surface area contributed by atoms with Crippen LogP contribution in [0.3, 0.4) is 0 Å². The largest absolute Gasteiger partial charge is 0.496 e. The summed E-state index contributed by atoms with van der Waals surface area (Å²) in [7, 11) is 1.62. The summed E-state index contributed by atoms with van der Waals surface area (Å²) in [5.41, 5.74) is 10.1. The monoisotopic (exact) mass is 405 g/mol. The van der Waals surface area contributed by atoms with E-state index in [1.165, 1.54) is 0 Å². The Labute approximate surface area is 177 Å². The van der Waals surface area contributed by atoms with E-state index in [1.807, 2.05) is 60.7 Å². The normalized spacial score (nSPS) is 11.6. The average molecular weight is 405 g/mol. The van der Waals surface area contributed by atoms with Crippen molar-refractivity contribution >= 4 is 5.97 Å². The lowest BCUT2D eigenvalue weighted by Crippen LogP contribution is -2.34. The Kier molecular flexibility index (Phi) is 7.46. The number of esters is 1. The zero-order valence-corrected chi connectivity index (χ0v) is 17.3. The molecule has 5 heteroatoms. The molecule has 1 unspecified atom stereocenters. The van der Waals surface area contributed by atoms with Gasteiger partial charge in [-0.1, -0.05) is 48.5 Å². The molecule has 0 aliphatic carbocycles. The van der Waals surface area contributed by atoms with E-state index in [0.29, 0.717) is 19.6 Å². The van der Waals surface area contributed by atoms with Gasteiger partial charge in [0.2, 0.25) is 0 Å². The van der Waals surface area contributed by atoms with Crippen LogP contribution in [0.5, 0.6) is 11.5 Å². The second kappa shape index (κ2) is 10.5. The van der Waals surface area contributed by atoms with Gasteiger partial charge >= 0.3 is 5.97 Å². The lowest BCUT2D eigenvalue weighted by atomic mass is 10.0. The van der Waals surface area contributed by atoms with Gasteiger partial charge in [0.25, 0.3) is 0 Å². The van der Waals surface area contributed by atoms with Crippen LogP contribution in [0.15, 0.2) is 72.8 Å². The van der Waals surface area contributed by atoms with Gasteiger partial charge < -0.3 is 19.9 Å². The smallest absolute Gasteiger partial charge is 0.323 e. The van der Waals surface area contributed by atoms with Crippen molar-refractivity contribution in [2.45, 2.75) is 26.0 Å². The molecular formula is C25H27NO4. The third-order valence-corrected chi connectivity index (χ3v) is 4.75. The minimum absolute atomic E-state index is 0.317. The molecule has 3 rings (SSSR count). The summed E-state index contributed by atoms with van der Waals surface area (Å²) in [6.07, 6.45) is 0.390. The van der Waals surface area contributed by atoms with Gasteiger partial charge in [-0.25, -0.2) is 0 Å². The topological polar surface area (TPSA) is 70.8 Å². The molecule has 0 saturated heterocycles. The molecule has 0 aliphatic rings. The molecule has 0 fully saturated rings. The number of nitrogens with two attached hydrogens (primary N) is 1. The lowest BCUT2D eigenvalue weighted by Gasteiger charge is -2.14. The van der Waals surface area contributed by atoms with Gasteiger partial charge in [-0.05, 0) is 54.3 Å². The van der Waals surface area contributed by atoms with Crippen LogP contribution in [-0.2, 0) is 22.6 Å². The summed E-state index contributed by atoms with van der Waals surface area (Å²) in [6, 6.07) is 23.2. The highest BCUT2D eigenvalue weighted by atomic mass is 16.5. The summed E-state index contributed by atoms with van der Waals surface area (Å²) < 4.78 is 16.4. The first-order valence-corrected chi connectivity index (χ1v) is 9.97. The Morgan fingerprint density at radius 2 is 1.67 bits per heavy atom. The van der Waals surface area contributed by atoms with Gasteiger partial charge in [0, 0.05) is 5.56 Å². The molecule has 156 valence electrons. The fourth-order valence-electron chi connectivity index (χ4n) is 3.19. The number of methoxy groups -OCH3 is 1. The van der Waals surface area contributed by atoms with Crippen molar-refractivity contribution in [3.63, 3.8) is 0 Å². The highest BCUT2D eigenvalue weighted by Gasteiger charge is 2.16. The van der Waals surface area contributed by atoms with Crippen LogP contribution in [0.1, 0.15) is 18.1 Å². The van der Waals surface area contributed by atoms with Gasteiger partial charge in [-0.2, -0.15) is 0 Å². The van der Waals surface area contributed by atoms with Crippen LogP contribution in [0.4, 0.5) is 0 Å². The summed E-state index contributed by atoms with van der Waals surface area (Å²) in [5, 5.41) is 0. The van der Waals surface area contributed by atoms with Crippen LogP contribution in [-0.4, -0.2) is 25.7 Å². The van der Waals surface area contributed by atoms with Crippen LogP contribution in [0.2, 0.25) is 0 Å². The second-order valence-corrected chi connectivity index (χ2v) is 6.89. The SMILES string of the molecule is CCOC(=O)C(N)Cc1ccc(OC)c(COc2ccc(-c3ccccc3)cc2)c1. The van der Waals surface area contributed by atoms with Crippen LogP contribution in [0, 0.1) is 0 Å². The standard InChI is InChI=1S/C25H27NO4/c1-3-29-25(27)23(26)16-18-9-14-24(28-2)21(15-18)17-30-22-12-10-20(11-13-22)19-7-5-4-6-8-19/h4-15,23H,3,16-17,26H2,1-2H3. The summed E-state index contributed by atoms with van der Waals surface area (Å²) in [6.45, 7) is 2.42. The van der Waals surface area contributed by atoms with Crippen LogP contribution in [0.25, 0.3) is 11.1 Å². The first kappa shape index (κ1) is 21.4. The number of benzene rings is 3. The minimum Gasteiger partial charge on any atom is -0.496 e. The van der Waals surface area contributed by atoms with E-state index in [2.05, 4.69) is 12.1 Å². The van der Waals surface area contributed by atoms with E-state index in [0.717, 1.165) is 33.8 Å². The zero-order chi connectivity index (χ0) is 21.3. The molecule has 5 nitrogen and oxygen atoms in total. The molecule has 0 heterocycles. The number of carbonyl (C=O) groups excluding carboxylic acids is 1. The number of ether oxygens (including phenoxy) is 3. The van der Waals surface area contributed by atoms with Gasteiger partial charge in [-0.3, -0.25) is 4.79 Å². The zero-order valence-electron chi connectivity index (χ0n) is 17.3. The van der Waals surface area contributed by atoms with Gasteiger partial charge in [0.1, 0.15) is 24.1 Å². The second-order valence-electron chi connectivity index (χ2n) is 6.89. The van der Waals surface area contributed by atoms with Crippen molar-refractivity contribution in [3.05, 3.63) is 83.9 Å². The third kappa shape index (κ3) is 5.61. The van der Waals surface area contributed by atoms with Gasteiger partial charge in [-0.15, -0.1) is 0 Å². The quantitative estimate of drug-likeness (QED) is 0.535. The highest BCUT2D eigenvalue weighted by Crippen LogP contribution is 2.25. The Morgan fingerprint density at radius 3 is 2.33 bits per heavy atom. The third-order valence-electron chi connectivity index (χ3n) is 4.75. The van der Waals surface area contributed by atoms with Crippen LogP contribution >= 0.6 is 0 Å². The van der Waals surface area contributed by atoms with Crippen LogP contribution < -0.4 is 15.2 Å². The maximum absolute atomic E-state index is 11.8. The van der Waals surface area contributed by atoms with Crippen molar-refractivity contribution in [1.82, 2.24) is 0 Å². The molecule has 1 atom stereocenters. The molecule has 0 spiro atoms. The molecule has 2 N–H and O–H groups in total. The molecule has 0 amide bonds. The Bertz CT molecular complexity index is 955. The maximum Gasteiger partial charge on any atom is 0.323 e. The van der Waals surface area contributed by atoms with E-state index in [1.54, 1.807) is 14.0 Å². The molecule has 3 aromatic rings. The van der Waals surface area contributed by atoms with E-state index >= 15 is 0 Å². The molecule has 0 aliphatic heterocycles. The summed E-state index contributed by atoms with van der Waals surface area (Å²) in [4.78, 5) is 11.8. The molecule has 0 radical (unpaired) electrons. The first-order chi connectivity index (χ1) is 14.6. The van der Waals surface area contributed by atoms with E-state index in [9.17, 15) is 4.79 Å². The van der Waals surface area contributed by atoms with E-state index in [-0.39, 0.29) is 0 Å². The number of rotatable bonds is 9. The predicted octanol–water partition coefficient (Wildman–Crippen LogP) is 4.37. The predicted molar refractivity (Wildman–Crippen MR) is 118 cm³/mol. The summed E-state index contributed by atoms with van der Waals surface area (Å²) >= 11 is 0. The number of hydrogen-bond donors (Lipinski definition) is 1. The fraction of sp³-hybridized carbons (Fsp3) is 0.240. The lowest BCUT2D eigenvalue weighted by molar-refractivity contribution is -0.144. The number of carbonyl (C=O) groups is 1. The Hall–Kier alpha value is -3.31. The molecule has 0 aromatic heterocycles. The maximum atomic E-state index is 11.8. The molecule has 0 saturated carbocycles. The van der Waals surface area contributed by atoms with Gasteiger partial charge in [0.05, 0.1) is 13.7 Å². The molecule has 3 aromatic carbocycles. The molecule has 30 heavy (non-hydrogen) atoms. The van der Waals surface area contributed by atoms with Crippen molar-refractivity contribution < 1.29 is 19.0 Å². The first-order valence-electron chi connectivity index (χ1n) is 9.97. The van der Waals surface area contributed by atoms with Crippen molar-refractivity contribution in [2.75, 3.05) is 13.7 Å². The Morgan fingerprint density at radius 1 is 0.967 bits per heavy atom. The Balaban J connectivity index is 1.67. The molecular weight excluding hydrogens is 378 g/mol. The van der Waals surface area contributed by atoms with Gasteiger partial charge in [0.15, 0.2) is 0 Å². The van der Waals surface area contributed by atoms with E-state index < -0.39 is 12.0 Å². The van der Waals surface area contributed by atoms with Crippen molar-refractivity contribution in [2.24, 2.45) is 5.73 Å². The highest BCUT2D eigenvalue weighted by molar-refractivity contribution is 5.75. The van der Waals surface area contributed by atoms with Crippen molar-refractivity contribution in [3.8, 4) is 22.6 Å². The molecule has 0 bridgehead atoms. The van der Waals surface area contributed by atoms with Crippen molar-refractivity contribution in [1.29, 1.82) is 0 Å². The average Bonchev–Trinajstić information content (AvgIpc) is 2.79. The minimum atomic E-state index is -0.697.